The molecule has 0 fully saturated rings. The Bertz CT molecular complexity index is 392. The summed E-state index contributed by atoms with van der Waals surface area (Å²) in [6.07, 6.45) is 0. The van der Waals surface area contributed by atoms with Gasteiger partial charge in [0.1, 0.15) is 39.5 Å². The van der Waals surface area contributed by atoms with Gasteiger partial charge in [-0.3, -0.25) is 0 Å². The molecule has 2 radical (unpaired) electrons. The number of hydrogen-bond acceptors (Lipinski definition) is 15. The monoisotopic (exact) mass is 592 g/mol. The summed E-state index contributed by atoms with van der Waals surface area (Å²) in [7, 11) is -28.2. The van der Waals surface area contributed by atoms with Crippen LogP contribution in [0.2, 0.25) is 0 Å². The Kier molecular flexibility index (Phi) is 33.8. The molecule has 27 heteroatoms. The Labute approximate surface area is 169 Å². The van der Waals surface area contributed by atoms with Crippen LogP contribution >= 0.6 is 39.5 Å². The molecule has 0 N–H and O–H groups in total. The predicted octanol–water partition coefficient (Wildman–Crippen LogP) is -6.08. The van der Waals surface area contributed by atoms with E-state index < -0.39 is 39.5 Å². The second-order valence-electron chi connectivity index (χ2n) is 2.15. The smallest absolute Gasteiger partial charge is 0.110 e. The molecule has 0 aliphatic carbocycles. The van der Waals surface area contributed by atoms with Crippen LogP contribution in [0.15, 0.2) is 0 Å². The summed E-state index contributed by atoms with van der Waals surface area (Å²) >= 11 is 0. The van der Waals surface area contributed by atoms with Crippen molar-refractivity contribution in [1.82, 2.24) is 0 Å². The molecule has 0 spiro atoms. The van der Waals surface area contributed by atoms with Crippen molar-refractivity contribution in [3.8, 4) is 0 Å². The molecule has 0 amide bonds. The first-order valence-electron chi connectivity index (χ1n) is 3.58. The van der Waals surface area contributed by atoms with Crippen LogP contribution in [0.5, 0.6) is 0 Å². The van der Waals surface area contributed by atoms with Gasteiger partial charge in [-0.2, -0.15) is 0 Å². The van der Waals surface area contributed by atoms with E-state index in [9.17, 15) is 21.0 Å². The zero-order valence-electron chi connectivity index (χ0n) is 11.1. The standard InChI is InChI=1S/5FH2O3P.2V/c5*1-5(2,3)4;;/h5*(H2,2,3,4);;/p-10. The SMILES string of the molecule is O=P([O-])([O-])F.O=P([O-])([O-])F.O=P([O-])([O-])F.O=P([O-])([O-])F.O=P([O-])([O-])F.[V].[V]. The van der Waals surface area contributed by atoms with Crippen LogP contribution in [0, 0.1) is 0 Å². The first-order valence-corrected chi connectivity index (χ1v) is 10.8. The third-order valence-electron chi connectivity index (χ3n) is 0. The summed E-state index contributed by atoms with van der Waals surface area (Å²) in [6, 6.07) is 0. The molecule has 0 heterocycles. The molecule has 0 saturated carbocycles. The fourth-order valence-electron chi connectivity index (χ4n) is 0. The second-order valence-corrected chi connectivity index (χ2v) is 6.46. The molecule has 0 saturated heterocycles. The molecular weight excluding hydrogens is 592 g/mol. The normalized spacial score (nSPS) is 10.9. The maximum absolute atomic E-state index is 10.1. The summed E-state index contributed by atoms with van der Waals surface area (Å²) in [5.74, 6) is 0. The van der Waals surface area contributed by atoms with Gasteiger partial charge in [0.25, 0.3) is 0 Å². The van der Waals surface area contributed by atoms with E-state index in [4.69, 9.17) is 71.8 Å². The summed E-state index contributed by atoms with van der Waals surface area (Å²) in [5, 5.41) is 0. The van der Waals surface area contributed by atoms with Gasteiger partial charge >= 0.3 is 0 Å². The molecule has 0 unspecified atom stereocenters. The van der Waals surface area contributed by atoms with Gasteiger partial charge in [-0.1, -0.05) is 0 Å². The van der Waals surface area contributed by atoms with Gasteiger partial charge in [-0.25, -0.2) is 21.0 Å². The Balaban J connectivity index is -0.0000000364. The summed E-state index contributed by atoms with van der Waals surface area (Å²) in [6.45, 7) is 0. The average Bonchev–Trinajstić information content (AvgIpc) is 1.79. The quantitative estimate of drug-likeness (QED) is 0.187. The van der Waals surface area contributed by atoms with Gasteiger partial charge in [-0.15, -0.1) is 0 Å². The molecule has 0 aromatic carbocycles. The zero-order chi connectivity index (χ0) is 22.5. The van der Waals surface area contributed by atoms with Crippen LogP contribution in [0.4, 0.5) is 21.0 Å². The van der Waals surface area contributed by atoms with Crippen LogP contribution in [0.25, 0.3) is 0 Å². The summed E-state index contributed by atoms with van der Waals surface area (Å²) < 4.78 is 92.8. The molecule has 170 valence electrons. The summed E-state index contributed by atoms with van der Waals surface area (Å²) in [4.78, 5) is 84.4. The van der Waals surface area contributed by atoms with Crippen molar-refractivity contribution in [2.24, 2.45) is 0 Å². The molecular formula is F5O15P5V2-10. The van der Waals surface area contributed by atoms with Crippen LogP contribution in [-0.4, -0.2) is 0 Å². The van der Waals surface area contributed by atoms with Gasteiger partial charge in [0, 0.05) is 37.1 Å². The van der Waals surface area contributed by atoms with Gasteiger partial charge < -0.3 is 71.8 Å². The zero-order valence-corrected chi connectivity index (χ0v) is 18.4. The first kappa shape index (κ1) is 46.7. The van der Waals surface area contributed by atoms with Gasteiger partial charge in [0.15, 0.2) is 0 Å². The molecule has 0 aliphatic rings. The van der Waals surface area contributed by atoms with Crippen molar-refractivity contribution in [3.63, 3.8) is 0 Å². The van der Waals surface area contributed by atoms with Crippen molar-refractivity contribution >= 4 is 39.5 Å². The second kappa shape index (κ2) is 19.5. The minimum absolute atomic E-state index is 0. The van der Waals surface area contributed by atoms with Gasteiger partial charge in [0.2, 0.25) is 0 Å². The molecule has 0 aliphatic heterocycles. The van der Waals surface area contributed by atoms with Crippen LogP contribution in [0.1, 0.15) is 0 Å². The van der Waals surface area contributed by atoms with Crippen molar-refractivity contribution < 1.29 is 130 Å². The predicted molar refractivity (Wildman–Crippen MR) is 43.6 cm³/mol. The van der Waals surface area contributed by atoms with Crippen molar-refractivity contribution in [1.29, 1.82) is 0 Å². The average molecular weight is 592 g/mol. The topological polar surface area (TPSA) is 316 Å². The molecule has 15 nitrogen and oxygen atoms in total. The van der Waals surface area contributed by atoms with Crippen molar-refractivity contribution in [2.75, 3.05) is 0 Å². The Hall–Kier alpha value is 1.57. The molecule has 0 aromatic rings. The molecule has 27 heavy (non-hydrogen) atoms. The molecule has 0 bridgehead atoms. The number of halogens is 5. The number of rotatable bonds is 0. The van der Waals surface area contributed by atoms with E-state index in [0.717, 1.165) is 0 Å². The Morgan fingerprint density at radius 1 is 0.333 bits per heavy atom. The van der Waals surface area contributed by atoms with Gasteiger partial charge in [-0.05, 0) is 0 Å². The minimum Gasteiger partial charge on any atom is -0.786 e. The molecule has 0 aromatic heterocycles. The first-order chi connectivity index (χ1) is 10.0. The van der Waals surface area contributed by atoms with Gasteiger partial charge in [0.05, 0.1) is 0 Å². The van der Waals surface area contributed by atoms with E-state index in [2.05, 4.69) is 0 Å². The van der Waals surface area contributed by atoms with E-state index >= 15 is 0 Å². The fraction of sp³-hybridized carbons (Fsp3) is 0. The maximum atomic E-state index is 10.1. The third kappa shape index (κ3) is 7320. The Morgan fingerprint density at radius 2 is 0.333 bits per heavy atom. The minimum atomic E-state index is -5.64. The maximum Gasteiger partial charge on any atom is 0.110 e. The van der Waals surface area contributed by atoms with E-state index in [1.54, 1.807) is 0 Å². The number of hydrogen-bond donors (Lipinski definition) is 0. The van der Waals surface area contributed by atoms with Crippen LogP contribution < -0.4 is 48.9 Å². The molecule has 0 rings (SSSR count). The summed E-state index contributed by atoms with van der Waals surface area (Å²) in [5.41, 5.74) is 0. The van der Waals surface area contributed by atoms with Crippen molar-refractivity contribution in [2.45, 2.75) is 0 Å². The van der Waals surface area contributed by atoms with Crippen LogP contribution in [-0.2, 0) is 59.9 Å². The van der Waals surface area contributed by atoms with E-state index in [0.29, 0.717) is 0 Å². The largest absolute Gasteiger partial charge is 0.786 e. The fourth-order valence-corrected chi connectivity index (χ4v) is 0. The van der Waals surface area contributed by atoms with Crippen LogP contribution in [0.3, 0.4) is 0 Å². The third-order valence-corrected chi connectivity index (χ3v) is 0. The molecule has 0 atom stereocenters. The van der Waals surface area contributed by atoms with E-state index in [-0.39, 0.29) is 37.1 Å². The van der Waals surface area contributed by atoms with Crippen molar-refractivity contribution in [3.05, 3.63) is 0 Å². The van der Waals surface area contributed by atoms with E-state index in [1.807, 2.05) is 0 Å². The van der Waals surface area contributed by atoms with E-state index in [1.165, 1.54) is 0 Å². The Morgan fingerprint density at radius 3 is 0.333 bits per heavy atom.